The maximum atomic E-state index is 11.2. The Morgan fingerprint density at radius 3 is 2.68 bits per heavy atom. The van der Waals surface area contributed by atoms with E-state index in [9.17, 15) is 4.79 Å². The van der Waals surface area contributed by atoms with Gasteiger partial charge < -0.3 is 9.80 Å². The lowest BCUT2D eigenvalue weighted by molar-refractivity contribution is 0.112. The van der Waals surface area contributed by atoms with Crippen molar-refractivity contribution in [3.63, 3.8) is 0 Å². The SMILES string of the molecule is Cc1ccc(N(C)CC2CCN(C)CC2)c(C=O)c1. The summed E-state index contributed by atoms with van der Waals surface area (Å²) >= 11 is 0. The molecule has 2 rings (SSSR count). The molecule has 1 aliphatic rings. The average molecular weight is 260 g/mol. The van der Waals surface area contributed by atoms with Gasteiger partial charge in [-0.15, -0.1) is 0 Å². The zero-order valence-corrected chi connectivity index (χ0v) is 12.2. The first-order chi connectivity index (χ1) is 9.10. The zero-order chi connectivity index (χ0) is 13.8. The van der Waals surface area contributed by atoms with Crippen molar-refractivity contribution in [1.29, 1.82) is 0 Å². The Morgan fingerprint density at radius 2 is 2.05 bits per heavy atom. The molecule has 19 heavy (non-hydrogen) atoms. The molecule has 0 radical (unpaired) electrons. The first kappa shape index (κ1) is 14.1. The molecular weight excluding hydrogens is 236 g/mol. The molecule has 1 heterocycles. The predicted molar refractivity (Wildman–Crippen MR) is 80.1 cm³/mol. The average Bonchev–Trinajstić information content (AvgIpc) is 2.41. The van der Waals surface area contributed by atoms with Crippen molar-refractivity contribution in [2.24, 2.45) is 5.92 Å². The Kier molecular flexibility index (Phi) is 4.59. The summed E-state index contributed by atoms with van der Waals surface area (Å²) in [5.41, 5.74) is 2.99. The summed E-state index contributed by atoms with van der Waals surface area (Å²) in [4.78, 5) is 15.8. The number of aryl methyl sites for hydroxylation is 1. The van der Waals surface area contributed by atoms with E-state index in [1.165, 1.54) is 25.9 Å². The fourth-order valence-corrected chi connectivity index (χ4v) is 2.85. The fourth-order valence-electron chi connectivity index (χ4n) is 2.85. The number of hydrogen-bond donors (Lipinski definition) is 0. The lowest BCUT2D eigenvalue weighted by Gasteiger charge is -2.32. The van der Waals surface area contributed by atoms with Crippen molar-refractivity contribution in [3.05, 3.63) is 29.3 Å². The van der Waals surface area contributed by atoms with Crippen LogP contribution in [0, 0.1) is 12.8 Å². The van der Waals surface area contributed by atoms with Crippen LogP contribution in [0.15, 0.2) is 18.2 Å². The highest BCUT2D eigenvalue weighted by molar-refractivity contribution is 5.84. The van der Waals surface area contributed by atoms with Gasteiger partial charge in [-0.2, -0.15) is 0 Å². The quantitative estimate of drug-likeness (QED) is 0.777. The Morgan fingerprint density at radius 1 is 1.37 bits per heavy atom. The first-order valence-electron chi connectivity index (χ1n) is 7.05. The third-order valence-electron chi connectivity index (χ3n) is 4.09. The first-order valence-corrected chi connectivity index (χ1v) is 7.05. The molecule has 1 aromatic carbocycles. The van der Waals surface area contributed by atoms with Crippen LogP contribution in [0.1, 0.15) is 28.8 Å². The Labute approximate surface area is 116 Å². The number of anilines is 1. The number of carbonyl (C=O) groups is 1. The van der Waals surface area contributed by atoms with Crippen LogP contribution < -0.4 is 4.90 Å². The largest absolute Gasteiger partial charge is 0.374 e. The number of carbonyl (C=O) groups excluding carboxylic acids is 1. The third kappa shape index (κ3) is 3.57. The minimum absolute atomic E-state index is 0.738. The van der Waals surface area contributed by atoms with Gasteiger partial charge in [-0.25, -0.2) is 0 Å². The molecule has 0 bridgehead atoms. The summed E-state index contributed by atoms with van der Waals surface area (Å²) in [5, 5.41) is 0. The topological polar surface area (TPSA) is 23.6 Å². The Hall–Kier alpha value is -1.35. The second-order valence-corrected chi connectivity index (χ2v) is 5.81. The lowest BCUT2D eigenvalue weighted by atomic mass is 9.96. The molecule has 0 N–H and O–H groups in total. The van der Waals surface area contributed by atoms with Crippen LogP contribution in [0.2, 0.25) is 0 Å². The van der Waals surface area contributed by atoms with Crippen molar-refractivity contribution >= 4 is 12.0 Å². The van der Waals surface area contributed by atoms with Gasteiger partial charge in [0.1, 0.15) is 0 Å². The second-order valence-electron chi connectivity index (χ2n) is 5.81. The van der Waals surface area contributed by atoms with Crippen molar-refractivity contribution in [2.75, 3.05) is 38.6 Å². The van der Waals surface area contributed by atoms with E-state index in [1.54, 1.807) is 0 Å². The van der Waals surface area contributed by atoms with Gasteiger partial charge in [0, 0.05) is 24.8 Å². The molecular formula is C16H24N2O. The summed E-state index contributed by atoms with van der Waals surface area (Å²) < 4.78 is 0. The van der Waals surface area contributed by atoms with Crippen molar-refractivity contribution < 1.29 is 4.79 Å². The summed E-state index contributed by atoms with van der Waals surface area (Å²) in [6.07, 6.45) is 3.47. The number of likely N-dealkylation sites (tertiary alicyclic amines) is 1. The second kappa shape index (κ2) is 6.20. The summed E-state index contributed by atoms with van der Waals surface area (Å²) in [5.74, 6) is 0.738. The van der Waals surface area contributed by atoms with E-state index in [1.807, 2.05) is 13.0 Å². The number of piperidine rings is 1. The smallest absolute Gasteiger partial charge is 0.152 e. The number of nitrogens with zero attached hydrogens (tertiary/aromatic N) is 2. The van der Waals surface area contributed by atoms with E-state index in [0.29, 0.717) is 0 Å². The molecule has 1 aliphatic heterocycles. The summed E-state index contributed by atoms with van der Waals surface area (Å²) in [6.45, 7) is 5.44. The number of benzene rings is 1. The van der Waals surface area contributed by atoms with Gasteiger partial charge in [-0.1, -0.05) is 11.6 Å². The fraction of sp³-hybridized carbons (Fsp3) is 0.562. The molecule has 1 aromatic rings. The van der Waals surface area contributed by atoms with Crippen LogP contribution in [0.3, 0.4) is 0 Å². The van der Waals surface area contributed by atoms with Gasteiger partial charge >= 0.3 is 0 Å². The molecule has 1 fully saturated rings. The zero-order valence-electron chi connectivity index (χ0n) is 12.2. The van der Waals surface area contributed by atoms with E-state index >= 15 is 0 Å². The monoisotopic (exact) mass is 260 g/mol. The van der Waals surface area contributed by atoms with Crippen molar-refractivity contribution in [1.82, 2.24) is 4.90 Å². The van der Waals surface area contributed by atoms with Crippen LogP contribution in [-0.4, -0.2) is 44.9 Å². The van der Waals surface area contributed by atoms with Gasteiger partial charge in [-0.05, 0) is 58.0 Å². The molecule has 0 atom stereocenters. The lowest BCUT2D eigenvalue weighted by Crippen LogP contribution is -2.36. The van der Waals surface area contributed by atoms with Gasteiger partial charge in [-0.3, -0.25) is 4.79 Å². The molecule has 0 aliphatic carbocycles. The minimum atomic E-state index is 0.738. The Bertz CT molecular complexity index is 436. The molecule has 3 heteroatoms. The number of hydrogen-bond acceptors (Lipinski definition) is 3. The van der Waals surface area contributed by atoms with Crippen LogP contribution in [0.5, 0.6) is 0 Å². The molecule has 0 unspecified atom stereocenters. The normalized spacial score (nSPS) is 17.4. The molecule has 0 amide bonds. The van der Waals surface area contributed by atoms with Crippen molar-refractivity contribution in [3.8, 4) is 0 Å². The number of rotatable bonds is 4. The maximum Gasteiger partial charge on any atom is 0.152 e. The van der Waals surface area contributed by atoms with Gasteiger partial charge in [0.2, 0.25) is 0 Å². The number of aldehydes is 1. The minimum Gasteiger partial charge on any atom is -0.374 e. The molecule has 0 spiro atoms. The summed E-state index contributed by atoms with van der Waals surface area (Å²) in [6, 6.07) is 6.11. The maximum absolute atomic E-state index is 11.2. The molecule has 1 saturated heterocycles. The van der Waals surface area contributed by atoms with Gasteiger partial charge in [0.15, 0.2) is 6.29 Å². The van der Waals surface area contributed by atoms with E-state index < -0.39 is 0 Å². The predicted octanol–water partition coefficient (Wildman–Crippen LogP) is 2.59. The highest BCUT2D eigenvalue weighted by atomic mass is 16.1. The van der Waals surface area contributed by atoms with E-state index in [2.05, 4.69) is 36.0 Å². The van der Waals surface area contributed by atoms with Crippen LogP contribution in [0.25, 0.3) is 0 Å². The van der Waals surface area contributed by atoms with E-state index in [4.69, 9.17) is 0 Å². The van der Waals surface area contributed by atoms with Crippen LogP contribution in [-0.2, 0) is 0 Å². The van der Waals surface area contributed by atoms with Gasteiger partial charge in [0.05, 0.1) is 0 Å². The molecule has 104 valence electrons. The van der Waals surface area contributed by atoms with Crippen molar-refractivity contribution in [2.45, 2.75) is 19.8 Å². The standard InChI is InChI=1S/C16H24N2O/c1-13-4-5-16(15(10-13)12-19)18(3)11-14-6-8-17(2)9-7-14/h4-5,10,12,14H,6-9,11H2,1-3H3. The van der Waals surface area contributed by atoms with Crippen LogP contribution >= 0.6 is 0 Å². The van der Waals surface area contributed by atoms with Crippen LogP contribution in [0.4, 0.5) is 5.69 Å². The van der Waals surface area contributed by atoms with E-state index in [-0.39, 0.29) is 0 Å². The molecule has 0 aromatic heterocycles. The summed E-state index contributed by atoms with van der Waals surface area (Å²) in [7, 11) is 4.28. The highest BCUT2D eigenvalue weighted by Crippen LogP contribution is 2.23. The third-order valence-corrected chi connectivity index (χ3v) is 4.09. The molecule has 0 saturated carbocycles. The molecule has 3 nitrogen and oxygen atoms in total. The highest BCUT2D eigenvalue weighted by Gasteiger charge is 2.19. The van der Waals surface area contributed by atoms with E-state index in [0.717, 1.165) is 35.6 Å². The van der Waals surface area contributed by atoms with Gasteiger partial charge in [0.25, 0.3) is 0 Å². The Balaban J connectivity index is 2.03.